The van der Waals surface area contributed by atoms with Gasteiger partial charge in [0.1, 0.15) is 0 Å². The number of carbonyl (C=O) groups excluding carboxylic acids is 2. The maximum Gasteiger partial charge on any atom is 1.00 e. The summed E-state index contributed by atoms with van der Waals surface area (Å²) in [6, 6.07) is 6.83. The first-order valence-corrected chi connectivity index (χ1v) is 9.10. The van der Waals surface area contributed by atoms with Crippen molar-refractivity contribution in [3.63, 3.8) is 0 Å². The van der Waals surface area contributed by atoms with Crippen molar-refractivity contribution in [3.05, 3.63) is 29.8 Å². The maximum absolute atomic E-state index is 11.3. The van der Waals surface area contributed by atoms with Gasteiger partial charge in [-0.1, -0.05) is 57.2 Å². The predicted molar refractivity (Wildman–Crippen MR) is 86.3 cm³/mol. The smallest absolute Gasteiger partial charge is 1.00 e. The summed E-state index contributed by atoms with van der Waals surface area (Å²) in [4.78, 5) is 25.8. The molecule has 0 N–H and O–H groups in total. The Labute approximate surface area is 166 Å². The zero-order valence-electron chi connectivity index (χ0n) is 15.2. The molecular formula is C16H23NaO6S. The number of hydrogen-bond acceptors (Lipinski definition) is 6. The molecule has 130 valence electrons. The van der Waals surface area contributed by atoms with E-state index in [2.05, 4.69) is 11.3 Å². The maximum atomic E-state index is 11.3. The Morgan fingerprint density at radius 1 is 1.12 bits per heavy atom. The molecule has 0 bridgehead atoms. The van der Waals surface area contributed by atoms with E-state index in [0.717, 1.165) is 24.8 Å². The van der Waals surface area contributed by atoms with E-state index in [-0.39, 0.29) is 43.0 Å². The second-order valence-corrected chi connectivity index (χ2v) is 6.61. The van der Waals surface area contributed by atoms with Crippen LogP contribution in [0.3, 0.4) is 0 Å². The van der Waals surface area contributed by atoms with Crippen LogP contribution < -0.4 is 34.4 Å². The fourth-order valence-electron chi connectivity index (χ4n) is 2.06. The molecule has 0 saturated carbocycles. The van der Waals surface area contributed by atoms with E-state index in [1.807, 2.05) is 6.07 Å². The van der Waals surface area contributed by atoms with Gasteiger partial charge in [-0.3, -0.25) is 9.59 Å². The number of aryl methyl sites for hydroxylation is 1. The molecule has 0 heterocycles. The van der Waals surface area contributed by atoms with E-state index in [9.17, 15) is 18.0 Å². The van der Waals surface area contributed by atoms with Gasteiger partial charge < -0.3 is 6.31 Å². The summed E-state index contributed by atoms with van der Waals surface area (Å²) in [5.41, 5.74) is 0.789. The van der Waals surface area contributed by atoms with Crippen LogP contribution in [0.2, 0.25) is 0 Å². The van der Waals surface area contributed by atoms with Crippen LogP contribution >= 0.6 is 0 Å². The largest absolute Gasteiger partial charge is 1.00 e. The topological polar surface area (TPSA) is 86.7 Å². The average Bonchev–Trinajstić information content (AvgIpc) is 2.56. The first-order chi connectivity index (χ1) is 11.0. The summed E-state index contributed by atoms with van der Waals surface area (Å²) in [5, 5.41) is -1.68. The quantitative estimate of drug-likeness (QED) is 0.138. The van der Waals surface area contributed by atoms with Crippen molar-refractivity contribution < 1.29 is 58.2 Å². The molecule has 6 nitrogen and oxygen atoms in total. The molecule has 0 unspecified atom stereocenters. The summed E-state index contributed by atoms with van der Waals surface area (Å²) >= 11 is 0. The third-order valence-electron chi connectivity index (χ3n) is 3.33. The molecule has 0 amide bonds. The molecule has 0 saturated heterocycles. The number of hydrogen-bond donors (Lipinski definition) is 0. The third kappa shape index (κ3) is 8.39. The van der Waals surface area contributed by atoms with E-state index in [1.54, 1.807) is 18.2 Å². The molecule has 0 atom stereocenters. The summed E-state index contributed by atoms with van der Waals surface area (Å²) < 4.78 is 26.7. The van der Waals surface area contributed by atoms with Gasteiger partial charge in [-0.15, -0.1) is 0 Å². The van der Waals surface area contributed by atoms with E-state index >= 15 is 0 Å². The van der Waals surface area contributed by atoms with Crippen LogP contribution in [0.1, 0.15) is 52.4 Å². The van der Waals surface area contributed by atoms with Crippen LogP contribution in [0, 0.1) is 0 Å². The van der Waals surface area contributed by atoms with Gasteiger partial charge in [0.05, 0.1) is 0 Å². The van der Waals surface area contributed by atoms with E-state index in [1.165, 1.54) is 19.3 Å². The minimum atomic E-state index is -4.69. The zero-order valence-corrected chi connectivity index (χ0v) is 17.0. The Kier molecular flexibility index (Phi) is 12.2. The van der Waals surface area contributed by atoms with Crippen molar-refractivity contribution >= 4 is 21.5 Å². The number of benzene rings is 1. The first-order valence-electron chi connectivity index (χ1n) is 7.69. The van der Waals surface area contributed by atoms with Crippen LogP contribution in [0.4, 0.5) is 0 Å². The van der Waals surface area contributed by atoms with Crippen molar-refractivity contribution in [2.75, 3.05) is 0 Å². The monoisotopic (exact) mass is 366 g/mol. The van der Waals surface area contributed by atoms with E-state index in [4.69, 9.17) is 4.89 Å². The molecule has 8 heteroatoms. The molecule has 0 fully saturated rings. The number of para-hydroxylation sites is 1. The van der Waals surface area contributed by atoms with Crippen LogP contribution in [0.25, 0.3) is 0 Å². The van der Waals surface area contributed by atoms with Gasteiger partial charge in [0.2, 0.25) is 6.29 Å². The minimum absolute atomic E-state index is 0. The summed E-state index contributed by atoms with van der Waals surface area (Å²) in [7, 11) is -4.69. The normalized spacial score (nSPS) is 10.7. The van der Waals surface area contributed by atoms with Crippen LogP contribution in [-0.2, 0) is 30.5 Å². The van der Waals surface area contributed by atoms with Gasteiger partial charge >= 0.3 is 44.8 Å². The predicted octanol–water partition coefficient (Wildman–Crippen LogP) is 0.0718. The number of rotatable bonds is 11. The molecular weight excluding hydrogens is 343 g/mol. The van der Waals surface area contributed by atoms with Crippen molar-refractivity contribution in [2.45, 2.75) is 51.9 Å². The molecule has 0 radical (unpaired) electrons. The summed E-state index contributed by atoms with van der Waals surface area (Å²) in [6.45, 7) is 2.16. The molecule has 1 aromatic rings. The van der Waals surface area contributed by atoms with Crippen LogP contribution in [0.5, 0.6) is 5.75 Å². The van der Waals surface area contributed by atoms with Crippen molar-refractivity contribution in [1.82, 2.24) is 0 Å². The number of aldehydes is 1. The van der Waals surface area contributed by atoms with Crippen molar-refractivity contribution in [2.24, 2.45) is 0 Å². The molecule has 0 aliphatic carbocycles. The number of carbonyl (C=O) groups is 2. The van der Waals surface area contributed by atoms with E-state index in [0.29, 0.717) is 6.42 Å². The van der Waals surface area contributed by atoms with Crippen molar-refractivity contribution in [3.8, 4) is 5.75 Å². The SMILES string of the molecule is CCCCCCCCc1ccccc1OOS(=O)(=O)C(=O)C=O.[H-].[Na+]. The Bertz CT molecular complexity index is 621. The van der Waals surface area contributed by atoms with Gasteiger partial charge in [0, 0.05) is 0 Å². The summed E-state index contributed by atoms with van der Waals surface area (Å²) in [5.74, 6) is 0.225. The zero-order chi connectivity index (χ0) is 17.1. The Balaban J connectivity index is 0. The number of unbranched alkanes of at least 4 members (excludes halogenated alkanes) is 5. The van der Waals surface area contributed by atoms with E-state index < -0.39 is 15.2 Å². The Morgan fingerprint density at radius 2 is 1.75 bits per heavy atom. The molecule has 0 aliphatic rings. The first kappa shape index (κ1) is 23.3. The van der Waals surface area contributed by atoms with Gasteiger partial charge in [-0.05, 0) is 28.8 Å². The van der Waals surface area contributed by atoms with Crippen molar-refractivity contribution in [1.29, 1.82) is 0 Å². The third-order valence-corrected chi connectivity index (χ3v) is 4.16. The molecule has 0 aliphatic heterocycles. The fourth-order valence-corrected chi connectivity index (χ4v) is 2.41. The Morgan fingerprint density at radius 3 is 2.42 bits per heavy atom. The molecule has 0 aromatic heterocycles. The molecule has 1 rings (SSSR count). The molecule has 0 spiro atoms. The van der Waals surface area contributed by atoms with Gasteiger partial charge in [-0.2, -0.15) is 8.42 Å². The second kappa shape index (κ2) is 12.6. The molecule has 1 aromatic carbocycles. The van der Waals surface area contributed by atoms with Gasteiger partial charge in [0.15, 0.2) is 5.75 Å². The molecule has 24 heavy (non-hydrogen) atoms. The van der Waals surface area contributed by atoms with Crippen LogP contribution in [-0.4, -0.2) is 19.8 Å². The van der Waals surface area contributed by atoms with Crippen LogP contribution in [0.15, 0.2) is 24.3 Å². The summed E-state index contributed by atoms with van der Waals surface area (Å²) in [6.07, 6.45) is 7.22. The fraction of sp³-hybridized carbons (Fsp3) is 0.500. The van der Waals surface area contributed by atoms with Gasteiger partial charge in [0.25, 0.3) is 0 Å². The minimum Gasteiger partial charge on any atom is -1.00 e. The Hall–Kier alpha value is -0.730. The standard InChI is InChI=1S/C16H22O6S.Na.H/c1-2-3-4-5-6-7-10-14-11-8-9-12-15(14)21-22-23(19,20)16(18)13-17;;/h8-9,11-13H,2-7,10H2,1H3;;/q;+1;-1. The second-order valence-electron chi connectivity index (χ2n) is 5.17. The average molecular weight is 366 g/mol. The van der Waals surface area contributed by atoms with Gasteiger partial charge in [-0.25, -0.2) is 0 Å².